The SMILES string of the molecule is CCOc1cc(C=C2C(=N)N3N=C(c4cccnc4)SC3=NC2=O)cc(Cl)c1OCc1ccccc1C. The number of carbonyl (C=O) groups excluding carboxylic acids is 1. The first-order valence-electron chi connectivity index (χ1n) is 11.5. The molecule has 2 aromatic carbocycles. The van der Waals surface area contributed by atoms with Gasteiger partial charge in [0.1, 0.15) is 11.7 Å². The maximum absolute atomic E-state index is 12.9. The van der Waals surface area contributed by atoms with Gasteiger partial charge in [-0.2, -0.15) is 15.1 Å². The molecule has 1 N–H and O–H groups in total. The summed E-state index contributed by atoms with van der Waals surface area (Å²) in [6.07, 6.45) is 4.90. The number of nitrogens with one attached hydrogen (secondary N) is 1. The predicted molar refractivity (Wildman–Crippen MR) is 146 cm³/mol. The minimum atomic E-state index is -0.527. The van der Waals surface area contributed by atoms with Gasteiger partial charge in [-0.3, -0.25) is 15.2 Å². The van der Waals surface area contributed by atoms with Crippen molar-refractivity contribution in [2.75, 3.05) is 6.61 Å². The van der Waals surface area contributed by atoms with E-state index in [-0.39, 0.29) is 11.4 Å². The number of hydrazone groups is 1. The fourth-order valence-electron chi connectivity index (χ4n) is 3.76. The van der Waals surface area contributed by atoms with E-state index >= 15 is 0 Å². The molecule has 0 radical (unpaired) electrons. The number of ether oxygens (including phenoxy) is 2. The van der Waals surface area contributed by atoms with Crippen LogP contribution in [0.4, 0.5) is 0 Å². The van der Waals surface area contributed by atoms with Crippen LogP contribution < -0.4 is 9.47 Å². The third kappa shape index (κ3) is 5.14. The van der Waals surface area contributed by atoms with Gasteiger partial charge in [0, 0.05) is 18.0 Å². The fourth-order valence-corrected chi connectivity index (χ4v) is 4.92. The number of amidine groups is 2. The number of pyridine rings is 1. The molecular weight excluding hydrogens is 510 g/mol. The second-order valence-corrected chi connectivity index (χ2v) is 9.51. The van der Waals surface area contributed by atoms with E-state index in [9.17, 15) is 4.79 Å². The monoisotopic (exact) mass is 531 g/mol. The van der Waals surface area contributed by atoms with E-state index in [1.165, 1.54) is 16.8 Å². The molecule has 2 aliphatic heterocycles. The third-order valence-corrected chi connectivity index (χ3v) is 6.88. The Morgan fingerprint density at radius 2 is 2.00 bits per heavy atom. The molecule has 0 saturated heterocycles. The predicted octanol–water partition coefficient (Wildman–Crippen LogP) is 5.69. The largest absolute Gasteiger partial charge is 0.490 e. The number of fused-ring (bicyclic) bond motifs is 1. The van der Waals surface area contributed by atoms with Gasteiger partial charge in [0.15, 0.2) is 17.3 Å². The summed E-state index contributed by atoms with van der Waals surface area (Å²) in [6.45, 7) is 4.61. The summed E-state index contributed by atoms with van der Waals surface area (Å²) < 4.78 is 11.8. The Kier molecular flexibility index (Phi) is 7.07. The average molecular weight is 532 g/mol. The number of aromatic nitrogens is 1. The van der Waals surface area contributed by atoms with E-state index < -0.39 is 5.91 Å². The quantitative estimate of drug-likeness (QED) is 0.393. The van der Waals surface area contributed by atoms with E-state index in [2.05, 4.69) is 15.1 Å². The van der Waals surface area contributed by atoms with Gasteiger partial charge in [-0.25, -0.2) is 0 Å². The third-order valence-electron chi connectivity index (χ3n) is 5.64. The Morgan fingerprint density at radius 1 is 1.16 bits per heavy atom. The molecule has 186 valence electrons. The van der Waals surface area contributed by atoms with Gasteiger partial charge in [-0.15, -0.1) is 0 Å². The smallest absolute Gasteiger partial charge is 0.283 e. The summed E-state index contributed by atoms with van der Waals surface area (Å²) in [4.78, 5) is 21.1. The summed E-state index contributed by atoms with van der Waals surface area (Å²) in [7, 11) is 0. The summed E-state index contributed by atoms with van der Waals surface area (Å²) in [5, 5.41) is 15.8. The van der Waals surface area contributed by atoms with Crippen LogP contribution in [-0.4, -0.2) is 38.6 Å². The van der Waals surface area contributed by atoms with Crippen LogP contribution in [0.2, 0.25) is 5.02 Å². The number of hydrogen-bond acceptors (Lipinski definition) is 7. The Balaban J connectivity index is 1.43. The summed E-state index contributed by atoms with van der Waals surface area (Å²) >= 11 is 7.82. The highest BCUT2D eigenvalue weighted by molar-refractivity contribution is 8.27. The molecule has 0 atom stereocenters. The summed E-state index contributed by atoms with van der Waals surface area (Å²) in [5.41, 5.74) is 3.60. The lowest BCUT2D eigenvalue weighted by Gasteiger charge is -2.20. The summed E-state index contributed by atoms with van der Waals surface area (Å²) in [5.74, 6) is 0.264. The van der Waals surface area contributed by atoms with E-state index in [0.29, 0.717) is 45.5 Å². The number of aryl methyl sites for hydroxylation is 1. The van der Waals surface area contributed by atoms with Crippen LogP contribution in [0.3, 0.4) is 0 Å². The van der Waals surface area contributed by atoms with E-state index in [0.717, 1.165) is 16.7 Å². The number of amides is 1. The minimum Gasteiger partial charge on any atom is -0.490 e. The molecule has 0 aliphatic carbocycles. The minimum absolute atomic E-state index is 0.0737. The highest BCUT2D eigenvalue weighted by Gasteiger charge is 2.36. The molecule has 0 spiro atoms. The zero-order valence-electron chi connectivity index (χ0n) is 20.1. The molecule has 10 heteroatoms. The normalized spacial score (nSPS) is 16.0. The molecule has 0 unspecified atom stereocenters. The van der Waals surface area contributed by atoms with Gasteiger partial charge < -0.3 is 9.47 Å². The molecule has 5 rings (SSSR count). The van der Waals surface area contributed by atoms with Crippen LogP contribution in [0.5, 0.6) is 11.5 Å². The molecule has 37 heavy (non-hydrogen) atoms. The van der Waals surface area contributed by atoms with Gasteiger partial charge in [-0.05, 0) is 72.6 Å². The van der Waals surface area contributed by atoms with Crippen LogP contribution in [-0.2, 0) is 11.4 Å². The van der Waals surface area contributed by atoms with Crippen LogP contribution in [0.1, 0.15) is 29.2 Å². The van der Waals surface area contributed by atoms with Crippen molar-refractivity contribution >= 4 is 51.4 Å². The number of benzene rings is 2. The zero-order chi connectivity index (χ0) is 25.9. The lowest BCUT2D eigenvalue weighted by atomic mass is 10.1. The van der Waals surface area contributed by atoms with Gasteiger partial charge >= 0.3 is 0 Å². The maximum atomic E-state index is 12.9. The van der Waals surface area contributed by atoms with Crippen LogP contribution >= 0.6 is 23.4 Å². The van der Waals surface area contributed by atoms with Crippen molar-refractivity contribution < 1.29 is 14.3 Å². The van der Waals surface area contributed by atoms with Crippen molar-refractivity contribution in [2.45, 2.75) is 20.5 Å². The van der Waals surface area contributed by atoms with Gasteiger partial charge in [0.2, 0.25) is 5.17 Å². The fraction of sp³-hybridized carbons (Fsp3) is 0.148. The van der Waals surface area contributed by atoms with Crippen molar-refractivity contribution in [2.24, 2.45) is 10.1 Å². The molecular formula is C27H22ClN5O3S. The van der Waals surface area contributed by atoms with Crippen molar-refractivity contribution in [3.8, 4) is 11.5 Å². The van der Waals surface area contributed by atoms with Crippen LogP contribution in [0.15, 0.2) is 76.6 Å². The standard InChI is InChI=1S/C27H22ClN5O3S/c1-3-35-22-13-17(12-21(28)23(22)36-15-19-8-5-4-7-16(19)2)11-20-24(29)33-27(31-25(20)34)37-26(32-33)18-9-6-10-30-14-18/h4-14,29H,3,15H2,1-2H3. The lowest BCUT2D eigenvalue weighted by molar-refractivity contribution is -0.114. The number of carbonyl (C=O) groups is 1. The maximum Gasteiger partial charge on any atom is 0.283 e. The van der Waals surface area contributed by atoms with Gasteiger partial charge in [0.25, 0.3) is 5.91 Å². The van der Waals surface area contributed by atoms with E-state index in [1.54, 1.807) is 36.7 Å². The van der Waals surface area contributed by atoms with E-state index in [1.807, 2.05) is 44.2 Å². The topological polar surface area (TPSA) is 100 Å². The molecule has 2 aliphatic rings. The number of hydrogen-bond donors (Lipinski definition) is 1. The van der Waals surface area contributed by atoms with E-state index in [4.69, 9.17) is 26.5 Å². The number of rotatable bonds is 7. The average Bonchev–Trinajstić information content (AvgIpc) is 3.32. The first kappa shape index (κ1) is 24.7. The first-order valence-corrected chi connectivity index (χ1v) is 12.7. The molecule has 0 fully saturated rings. The molecule has 1 aromatic heterocycles. The Bertz CT molecular complexity index is 1490. The van der Waals surface area contributed by atoms with Gasteiger partial charge in [0.05, 0.1) is 17.2 Å². The zero-order valence-corrected chi connectivity index (χ0v) is 21.6. The highest BCUT2D eigenvalue weighted by Crippen LogP contribution is 2.38. The van der Waals surface area contributed by atoms with Crippen LogP contribution in [0.25, 0.3) is 6.08 Å². The van der Waals surface area contributed by atoms with Crippen molar-refractivity contribution in [3.05, 3.63) is 93.8 Å². The molecule has 1 amide bonds. The Hall–Kier alpha value is -3.95. The molecule has 0 saturated carbocycles. The van der Waals surface area contributed by atoms with Crippen molar-refractivity contribution in [3.63, 3.8) is 0 Å². The second kappa shape index (κ2) is 10.6. The lowest BCUT2D eigenvalue weighted by Crippen LogP contribution is -2.35. The number of nitrogens with zero attached hydrogens (tertiary/aromatic N) is 4. The second-order valence-electron chi connectivity index (χ2n) is 8.15. The molecule has 3 aromatic rings. The highest BCUT2D eigenvalue weighted by atomic mass is 35.5. The number of aliphatic imine (C=N–C) groups is 1. The van der Waals surface area contributed by atoms with Crippen LogP contribution in [0, 0.1) is 12.3 Å². The first-order chi connectivity index (χ1) is 17.9. The Labute approximate surface area is 223 Å². The number of thioether (sulfide) groups is 1. The molecule has 8 nitrogen and oxygen atoms in total. The Morgan fingerprint density at radius 3 is 2.76 bits per heavy atom. The molecule has 0 bridgehead atoms. The summed E-state index contributed by atoms with van der Waals surface area (Å²) in [6, 6.07) is 15.0. The number of halogens is 1. The van der Waals surface area contributed by atoms with Crippen molar-refractivity contribution in [1.29, 1.82) is 5.41 Å². The van der Waals surface area contributed by atoms with Crippen molar-refractivity contribution in [1.82, 2.24) is 9.99 Å². The molecule has 3 heterocycles. The van der Waals surface area contributed by atoms with Gasteiger partial charge in [-0.1, -0.05) is 35.9 Å².